The highest BCUT2D eigenvalue weighted by molar-refractivity contribution is 6.22. The molecule has 1 unspecified atom stereocenters. The summed E-state index contributed by atoms with van der Waals surface area (Å²) in [7, 11) is 0. The van der Waals surface area contributed by atoms with Gasteiger partial charge in [-0.25, -0.2) is 0 Å². The normalized spacial score (nSPS) is 25.6. The SMILES string of the molecule is C=CC1CCCOC2=C1C(=O)C(C)=CC2=O. The molecule has 0 aromatic rings. The van der Waals surface area contributed by atoms with E-state index in [-0.39, 0.29) is 23.2 Å². The Hall–Kier alpha value is -1.64. The van der Waals surface area contributed by atoms with Crippen LogP contribution in [0.4, 0.5) is 0 Å². The molecule has 2 rings (SSSR count). The maximum atomic E-state index is 12.0. The van der Waals surface area contributed by atoms with E-state index in [1.165, 1.54) is 6.08 Å². The van der Waals surface area contributed by atoms with Crippen LogP contribution in [0.1, 0.15) is 19.8 Å². The van der Waals surface area contributed by atoms with Gasteiger partial charge in [-0.3, -0.25) is 9.59 Å². The van der Waals surface area contributed by atoms with Crippen molar-refractivity contribution in [2.45, 2.75) is 19.8 Å². The van der Waals surface area contributed by atoms with E-state index in [1.807, 2.05) is 0 Å². The van der Waals surface area contributed by atoms with Gasteiger partial charge in [0.25, 0.3) is 0 Å². The second-order valence-electron chi connectivity index (χ2n) is 4.10. The van der Waals surface area contributed by atoms with Crippen LogP contribution in [-0.4, -0.2) is 18.2 Å². The third-order valence-corrected chi connectivity index (χ3v) is 2.98. The summed E-state index contributed by atoms with van der Waals surface area (Å²) < 4.78 is 5.39. The van der Waals surface area contributed by atoms with Gasteiger partial charge < -0.3 is 4.74 Å². The molecular weight excluding hydrogens is 204 g/mol. The lowest BCUT2D eigenvalue weighted by molar-refractivity contribution is -0.118. The molecule has 1 aliphatic heterocycles. The minimum atomic E-state index is -0.194. The molecule has 3 nitrogen and oxygen atoms in total. The molecule has 0 amide bonds. The highest BCUT2D eigenvalue weighted by Crippen LogP contribution is 2.32. The molecule has 0 saturated carbocycles. The first-order chi connectivity index (χ1) is 7.65. The second-order valence-corrected chi connectivity index (χ2v) is 4.10. The summed E-state index contributed by atoms with van der Waals surface area (Å²) in [5, 5.41) is 0. The first-order valence-corrected chi connectivity index (χ1v) is 5.42. The van der Waals surface area contributed by atoms with E-state index in [1.54, 1.807) is 13.0 Å². The van der Waals surface area contributed by atoms with Gasteiger partial charge in [-0.2, -0.15) is 0 Å². The summed E-state index contributed by atoms with van der Waals surface area (Å²) in [6, 6.07) is 0. The van der Waals surface area contributed by atoms with Crippen molar-refractivity contribution in [1.29, 1.82) is 0 Å². The standard InChI is InChI=1S/C13H14O3/c1-3-9-5-4-6-16-13-10(14)7-8(2)12(15)11(9)13/h3,7,9H,1,4-6H2,2H3. The lowest BCUT2D eigenvalue weighted by Gasteiger charge is -2.19. The largest absolute Gasteiger partial charge is 0.489 e. The molecular formula is C13H14O3. The number of allylic oxidation sites excluding steroid dienone is 4. The Balaban J connectivity index is 2.51. The van der Waals surface area contributed by atoms with E-state index in [0.29, 0.717) is 17.8 Å². The van der Waals surface area contributed by atoms with E-state index in [9.17, 15) is 9.59 Å². The molecule has 0 aromatic carbocycles. The van der Waals surface area contributed by atoms with Gasteiger partial charge in [0.15, 0.2) is 11.5 Å². The molecule has 16 heavy (non-hydrogen) atoms. The number of ketones is 2. The van der Waals surface area contributed by atoms with Crippen molar-refractivity contribution in [3.8, 4) is 0 Å². The number of hydrogen-bond acceptors (Lipinski definition) is 3. The fourth-order valence-corrected chi connectivity index (χ4v) is 2.12. The van der Waals surface area contributed by atoms with Crippen molar-refractivity contribution in [2.75, 3.05) is 6.61 Å². The van der Waals surface area contributed by atoms with Crippen LogP contribution in [0.15, 0.2) is 35.6 Å². The number of carbonyl (C=O) groups is 2. The van der Waals surface area contributed by atoms with Crippen molar-refractivity contribution < 1.29 is 14.3 Å². The van der Waals surface area contributed by atoms with E-state index in [2.05, 4.69) is 6.58 Å². The zero-order valence-electron chi connectivity index (χ0n) is 9.29. The van der Waals surface area contributed by atoms with Gasteiger partial charge in [0.2, 0.25) is 5.78 Å². The lowest BCUT2D eigenvalue weighted by Crippen LogP contribution is -2.22. The van der Waals surface area contributed by atoms with E-state index in [4.69, 9.17) is 4.74 Å². The third kappa shape index (κ3) is 1.62. The Morgan fingerprint density at radius 2 is 2.25 bits per heavy atom. The molecule has 0 aromatic heterocycles. The lowest BCUT2D eigenvalue weighted by atomic mass is 9.84. The van der Waals surface area contributed by atoms with E-state index >= 15 is 0 Å². The first-order valence-electron chi connectivity index (χ1n) is 5.42. The molecule has 1 atom stereocenters. The zero-order valence-corrected chi connectivity index (χ0v) is 9.29. The van der Waals surface area contributed by atoms with Crippen molar-refractivity contribution >= 4 is 11.6 Å². The summed E-state index contributed by atoms with van der Waals surface area (Å²) in [4.78, 5) is 23.8. The van der Waals surface area contributed by atoms with Crippen LogP contribution >= 0.6 is 0 Å². The fraction of sp³-hybridized carbons (Fsp3) is 0.385. The topological polar surface area (TPSA) is 43.4 Å². The number of rotatable bonds is 1. The van der Waals surface area contributed by atoms with Gasteiger partial charge in [0.05, 0.1) is 12.2 Å². The predicted molar refractivity (Wildman–Crippen MR) is 59.7 cm³/mol. The second kappa shape index (κ2) is 4.08. The van der Waals surface area contributed by atoms with Crippen molar-refractivity contribution in [3.05, 3.63) is 35.6 Å². The summed E-state index contributed by atoms with van der Waals surface area (Å²) in [5.74, 6) is -0.0992. The quantitative estimate of drug-likeness (QED) is 0.499. The van der Waals surface area contributed by atoms with E-state index in [0.717, 1.165) is 12.8 Å². The molecule has 0 fully saturated rings. The van der Waals surface area contributed by atoms with Crippen LogP contribution in [0.25, 0.3) is 0 Å². The Morgan fingerprint density at radius 1 is 1.50 bits per heavy atom. The monoisotopic (exact) mass is 218 g/mol. The van der Waals surface area contributed by atoms with E-state index < -0.39 is 0 Å². The summed E-state index contributed by atoms with van der Waals surface area (Å²) in [5.41, 5.74) is 0.985. The summed E-state index contributed by atoms with van der Waals surface area (Å²) in [6.45, 7) is 5.89. The zero-order chi connectivity index (χ0) is 11.7. The number of ether oxygens (including phenoxy) is 1. The number of carbonyl (C=O) groups excluding carboxylic acids is 2. The van der Waals surface area contributed by atoms with Crippen LogP contribution in [0, 0.1) is 5.92 Å². The molecule has 0 bridgehead atoms. The molecule has 3 heteroatoms. The highest BCUT2D eigenvalue weighted by Gasteiger charge is 2.33. The smallest absolute Gasteiger partial charge is 0.221 e. The van der Waals surface area contributed by atoms with Crippen molar-refractivity contribution in [1.82, 2.24) is 0 Å². The molecule has 0 spiro atoms. The molecule has 0 saturated heterocycles. The Kier molecular flexibility index (Phi) is 2.77. The van der Waals surface area contributed by atoms with Gasteiger partial charge in [-0.15, -0.1) is 6.58 Å². The maximum absolute atomic E-state index is 12.0. The molecule has 0 N–H and O–H groups in total. The van der Waals surface area contributed by atoms with Gasteiger partial charge in [-0.1, -0.05) is 6.08 Å². The molecule has 0 radical (unpaired) electrons. The maximum Gasteiger partial charge on any atom is 0.221 e. The average molecular weight is 218 g/mol. The van der Waals surface area contributed by atoms with Crippen LogP contribution in [-0.2, 0) is 14.3 Å². The molecule has 84 valence electrons. The highest BCUT2D eigenvalue weighted by atomic mass is 16.5. The molecule has 1 aliphatic carbocycles. The Morgan fingerprint density at radius 3 is 2.94 bits per heavy atom. The predicted octanol–water partition coefficient (Wildman–Crippen LogP) is 1.95. The number of Topliss-reactive ketones (excluding diaryl/α,β-unsaturated/α-hetero) is 1. The van der Waals surface area contributed by atoms with Crippen LogP contribution in [0.3, 0.4) is 0 Å². The van der Waals surface area contributed by atoms with Crippen molar-refractivity contribution in [2.24, 2.45) is 5.92 Å². The van der Waals surface area contributed by atoms with Gasteiger partial charge in [0.1, 0.15) is 0 Å². The summed E-state index contributed by atoms with van der Waals surface area (Å²) in [6.07, 6.45) is 4.73. The van der Waals surface area contributed by atoms with Crippen LogP contribution in [0.5, 0.6) is 0 Å². The Labute approximate surface area is 94.5 Å². The first kappa shape index (κ1) is 10.9. The minimum Gasteiger partial charge on any atom is -0.489 e. The third-order valence-electron chi connectivity index (χ3n) is 2.98. The molecule has 1 heterocycles. The minimum absolute atomic E-state index is 0.0578. The van der Waals surface area contributed by atoms with Crippen molar-refractivity contribution in [3.63, 3.8) is 0 Å². The fourth-order valence-electron chi connectivity index (χ4n) is 2.12. The average Bonchev–Trinajstić information content (AvgIpc) is 2.48. The molecule has 2 aliphatic rings. The van der Waals surface area contributed by atoms with Crippen LogP contribution in [0.2, 0.25) is 0 Å². The van der Waals surface area contributed by atoms with Gasteiger partial charge in [-0.05, 0) is 25.8 Å². The Bertz CT molecular complexity index is 426. The summed E-state index contributed by atoms with van der Waals surface area (Å²) >= 11 is 0. The van der Waals surface area contributed by atoms with Gasteiger partial charge >= 0.3 is 0 Å². The number of hydrogen-bond donors (Lipinski definition) is 0. The van der Waals surface area contributed by atoms with Crippen LogP contribution < -0.4 is 0 Å². The van der Waals surface area contributed by atoms with Gasteiger partial charge in [0, 0.05) is 11.5 Å².